The van der Waals surface area contributed by atoms with E-state index in [1.165, 1.54) is 4.90 Å². The number of pyridine rings is 1. The number of nitrogens with zero attached hydrogens (tertiary/aromatic N) is 3. The summed E-state index contributed by atoms with van der Waals surface area (Å²) >= 11 is 0. The summed E-state index contributed by atoms with van der Waals surface area (Å²) in [7, 11) is 0. The molecule has 2 aromatic heterocycles. The van der Waals surface area contributed by atoms with Crippen LogP contribution in [0.25, 0.3) is 0 Å². The van der Waals surface area contributed by atoms with Crippen molar-refractivity contribution in [3.05, 3.63) is 51.7 Å². The number of nitrogens with one attached hydrogen (secondary N) is 1. The number of hydrogen-bond acceptors (Lipinski definition) is 4. The highest BCUT2D eigenvalue weighted by molar-refractivity contribution is 5.55. The number of anilines is 1. The fourth-order valence-electron chi connectivity index (χ4n) is 2.29. The van der Waals surface area contributed by atoms with Crippen LogP contribution < -0.4 is 10.5 Å². The molecule has 2 aromatic rings. The van der Waals surface area contributed by atoms with E-state index in [0.29, 0.717) is 6.54 Å². The molecule has 20 heavy (non-hydrogen) atoms. The van der Waals surface area contributed by atoms with Crippen LogP contribution in [0, 0.1) is 0 Å². The molecule has 0 aromatic carbocycles. The van der Waals surface area contributed by atoms with Crippen molar-refractivity contribution in [2.45, 2.75) is 19.3 Å². The molecular formula is C12H9F3N4O. The molecule has 104 valence electrons. The van der Waals surface area contributed by atoms with Crippen LogP contribution in [0.1, 0.15) is 16.7 Å². The fourth-order valence-corrected chi connectivity index (χ4v) is 2.29. The van der Waals surface area contributed by atoms with Gasteiger partial charge in [-0.25, -0.2) is 5.10 Å². The standard InChI is InChI=1S/C12H9F3N4O/c13-12(14,15)10-9(4-17-18-11(10)20)19-5-7-1-2-16-3-8(7)6-19/h1-4H,5-6H2,(H,18,20). The summed E-state index contributed by atoms with van der Waals surface area (Å²) in [6, 6.07) is 1.75. The lowest BCUT2D eigenvalue weighted by molar-refractivity contribution is -0.138. The summed E-state index contributed by atoms with van der Waals surface area (Å²) in [5, 5.41) is 5.30. The monoisotopic (exact) mass is 282 g/mol. The van der Waals surface area contributed by atoms with E-state index in [2.05, 4.69) is 10.1 Å². The van der Waals surface area contributed by atoms with Crippen molar-refractivity contribution in [3.8, 4) is 0 Å². The molecule has 8 heteroatoms. The second kappa shape index (κ2) is 4.32. The maximum absolute atomic E-state index is 13.0. The van der Waals surface area contributed by atoms with Crippen molar-refractivity contribution in [1.29, 1.82) is 0 Å². The number of halogens is 3. The number of H-pyrrole nitrogens is 1. The zero-order valence-electron chi connectivity index (χ0n) is 10.1. The molecule has 0 fully saturated rings. The Bertz CT molecular complexity index is 685. The van der Waals surface area contributed by atoms with Gasteiger partial charge in [0.2, 0.25) is 0 Å². The van der Waals surface area contributed by atoms with Gasteiger partial charge in [0.15, 0.2) is 0 Å². The molecule has 1 aliphatic heterocycles. The highest BCUT2D eigenvalue weighted by Gasteiger charge is 2.39. The van der Waals surface area contributed by atoms with Crippen molar-refractivity contribution in [1.82, 2.24) is 15.2 Å². The van der Waals surface area contributed by atoms with Crippen molar-refractivity contribution in [2.75, 3.05) is 4.90 Å². The zero-order valence-corrected chi connectivity index (χ0v) is 10.1. The third-order valence-corrected chi connectivity index (χ3v) is 3.19. The van der Waals surface area contributed by atoms with Gasteiger partial charge in [0, 0.05) is 25.5 Å². The van der Waals surface area contributed by atoms with E-state index < -0.39 is 17.3 Å². The Balaban J connectivity index is 2.06. The van der Waals surface area contributed by atoms with Crippen LogP contribution in [0.4, 0.5) is 18.9 Å². The molecule has 1 aliphatic rings. The quantitative estimate of drug-likeness (QED) is 0.865. The molecule has 0 atom stereocenters. The molecule has 5 nitrogen and oxygen atoms in total. The first-order chi connectivity index (χ1) is 9.47. The fraction of sp³-hybridized carbons (Fsp3) is 0.250. The topological polar surface area (TPSA) is 61.9 Å². The second-order valence-electron chi connectivity index (χ2n) is 4.46. The molecule has 0 spiro atoms. The SMILES string of the molecule is O=c1[nH]ncc(N2Cc3ccncc3C2)c1C(F)(F)F. The van der Waals surface area contributed by atoms with Crippen LogP contribution in [-0.4, -0.2) is 15.2 Å². The van der Waals surface area contributed by atoms with Crippen LogP contribution in [0.3, 0.4) is 0 Å². The number of aromatic amines is 1. The van der Waals surface area contributed by atoms with Gasteiger partial charge in [-0.3, -0.25) is 9.78 Å². The van der Waals surface area contributed by atoms with Gasteiger partial charge in [0.25, 0.3) is 5.56 Å². The molecule has 0 aliphatic carbocycles. The Morgan fingerprint density at radius 3 is 2.65 bits per heavy atom. The third-order valence-electron chi connectivity index (χ3n) is 3.19. The first-order valence-corrected chi connectivity index (χ1v) is 5.78. The summed E-state index contributed by atoms with van der Waals surface area (Å²) in [5.41, 5.74) is -0.913. The molecule has 0 unspecified atom stereocenters. The van der Waals surface area contributed by atoms with E-state index in [9.17, 15) is 18.0 Å². The van der Waals surface area contributed by atoms with Gasteiger partial charge in [0.1, 0.15) is 5.56 Å². The van der Waals surface area contributed by atoms with Gasteiger partial charge in [-0.1, -0.05) is 0 Å². The van der Waals surface area contributed by atoms with Gasteiger partial charge >= 0.3 is 6.18 Å². The minimum Gasteiger partial charge on any atom is -0.361 e. The van der Waals surface area contributed by atoms with Crippen molar-refractivity contribution in [3.63, 3.8) is 0 Å². The molecule has 1 N–H and O–H groups in total. The summed E-state index contributed by atoms with van der Waals surface area (Å²) in [4.78, 5) is 16.8. The van der Waals surface area contributed by atoms with Crippen molar-refractivity contribution in [2.24, 2.45) is 0 Å². The third kappa shape index (κ3) is 2.02. The first-order valence-electron chi connectivity index (χ1n) is 5.78. The Hall–Kier alpha value is -2.38. The van der Waals surface area contributed by atoms with Gasteiger partial charge in [-0.2, -0.15) is 18.3 Å². The first kappa shape index (κ1) is 12.6. The van der Waals surface area contributed by atoms with E-state index in [4.69, 9.17) is 0 Å². The molecule has 0 saturated carbocycles. The molecule has 3 rings (SSSR count). The van der Waals surface area contributed by atoms with E-state index >= 15 is 0 Å². The van der Waals surface area contributed by atoms with E-state index in [-0.39, 0.29) is 12.2 Å². The van der Waals surface area contributed by atoms with Gasteiger partial charge in [-0.05, 0) is 17.2 Å². The van der Waals surface area contributed by atoms with E-state index in [1.54, 1.807) is 18.5 Å². The highest BCUT2D eigenvalue weighted by atomic mass is 19.4. The largest absolute Gasteiger partial charge is 0.423 e. The number of aromatic nitrogens is 3. The predicted octanol–water partition coefficient (Wildman–Crippen LogP) is 1.70. The van der Waals surface area contributed by atoms with Crippen LogP contribution >= 0.6 is 0 Å². The van der Waals surface area contributed by atoms with Crippen LogP contribution in [0.2, 0.25) is 0 Å². The van der Waals surface area contributed by atoms with Crippen LogP contribution in [0.15, 0.2) is 29.5 Å². The Labute approximate surface area is 111 Å². The Morgan fingerprint density at radius 1 is 1.20 bits per heavy atom. The van der Waals surface area contributed by atoms with Crippen molar-refractivity contribution < 1.29 is 13.2 Å². The molecule has 0 radical (unpaired) electrons. The smallest absolute Gasteiger partial charge is 0.361 e. The lowest BCUT2D eigenvalue weighted by Gasteiger charge is -2.20. The zero-order chi connectivity index (χ0) is 14.3. The summed E-state index contributed by atoms with van der Waals surface area (Å²) in [5.74, 6) is 0. The lowest BCUT2D eigenvalue weighted by atomic mass is 10.2. The van der Waals surface area contributed by atoms with Crippen molar-refractivity contribution >= 4 is 5.69 Å². The summed E-state index contributed by atoms with van der Waals surface area (Å²) in [6.45, 7) is 0.573. The maximum atomic E-state index is 13.0. The molecule has 0 bridgehead atoms. The average Bonchev–Trinajstić information content (AvgIpc) is 2.80. The maximum Gasteiger partial charge on any atom is 0.423 e. The molecule has 3 heterocycles. The van der Waals surface area contributed by atoms with Gasteiger partial charge in [0.05, 0.1) is 11.9 Å². The highest BCUT2D eigenvalue weighted by Crippen LogP contribution is 2.36. The van der Waals surface area contributed by atoms with E-state index in [0.717, 1.165) is 17.3 Å². The minimum absolute atomic E-state index is 0.211. The molecule has 0 saturated heterocycles. The van der Waals surface area contributed by atoms with E-state index in [1.807, 2.05) is 5.10 Å². The Kier molecular flexibility index (Phi) is 2.73. The number of alkyl halides is 3. The number of hydrogen-bond donors (Lipinski definition) is 1. The van der Waals surface area contributed by atoms with Crippen LogP contribution in [-0.2, 0) is 19.3 Å². The Morgan fingerprint density at radius 2 is 1.95 bits per heavy atom. The van der Waals surface area contributed by atoms with Crippen LogP contribution in [0.5, 0.6) is 0 Å². The second-order valence-corrected chi connectivity index (χ2v) is 4.46. The average molecular weight is 282 g/mol. The summed E-state index contributed by atoms with van der Waals surface area (Å²) in [6.07, 6.45) is -0.491. The lowest BCUT2D eigenvalue weighted by Crippen LogP contribution is -2.28. The number of fused-ring (bicyclic) bond motifs is 1. The minimum atomic E-state index is -4.72. The van der Waals surface area contributed by atoms with Gasteiger partial charge < -0.3 is 4.90 Å². The molecular weight excluding hydrogens is 273 g/mol. The van der Waals surface area contributed by atoms with Gasteiger partial charge in [-0.15, -0.1) is 0 Å². The summed E-state index contributed by atoms with van der Waals surface area (Å²) < 4.78 is 39.0. The predicted molar refractivity (Wildman–Crippen MR) is 64.0 cm³/mol. The molecule has 0 amide bonds. The number of rotatable bonds is 1. The normalized spacial score (nSPS) is 14.4.